The van der Waals surface area contributed by atoms with Gasteiger partial charge in [-0.3, -0.25) is 19.3 Å². The molecular formula is C21H20N2O4S. The average Bonchev–Trinajstić information content (AvgIpc) is 2.96. The first-order valence-corrected chi connectivity index (χ1v) is 9.58. The fourth-order valence-electron chi connectivity index (χ4n) is 2.69. The van der Waals surface area contributed by atoms with E-state index in [0.717, 1.165) is 33.5 Å². The van der Waals surface area contributed by atoms with Gasteiger partial charge in [-0.25, -0.2) is 0 Å². The topological polar surface area (TPSA) is 75.7 Å². The molecule has 1 aliphatic rings. The maximum absolute atomic E-state index is 12.4. The number of thioether (sulfide) groups is 1. The molecule has 0 spiro atoms. The second-order valence-corrected chi connectivity index (χ2v) is 7.11. The molecule has 0 saturated carbocycles. The van der Waals surface area contributed by atoms with Crippen molar-refractivity contribution in [3.63, 3.8) is 0 Å². The Hall–Kier alpha value is -3.06. The van der Waals surface area contributed by atoms with Gasteiger partial charge in [0, 0.05) is 13.1 Å². The normalized spacial score (nSPS) is 15.2. The van der Waals surface area contributed by atoms with Crippen molar-refractivity contribution in [2.45, 2.75) is 6.42 Å². The monoisotopic (exact) mass is 396 g/mol. The van der Waals surface area contributed by atoms with Crippen molar-refractivity contribution in [3.8, 4) is 5.75 Å². The molecule has 1 heterocycles. The highest BCUT2D eigenvalue weighted by molar-refractivity contribution is 8.18. The maximum atomic E-state index is 12.4. The van der Waals surface area contributed by atoms with Gasteiger partial charge in [-0.1, -0.05) is 42.5 Å². The van der Waals surface area contributed by atoms with Crippen molar-refractivity contribution in [1.82, 2.24) is 10.2 Å². The summed E-state index contributed by atoms with van der Waals surface area (Å²) in [5, 5.41) is 2.42. The Morgan fingerprint density at radius 2 is 1.82 bits per heavy atom. The van der Waals surface area contributed by atoms with E-state index in [4.69, 9.17) is 4.74 Å². The van der Waals surface area contributed by atoms with E-state index in [9.17, 15) is 14.4 Å². The van der Waals surface area contributed by atoms with Crippen molar-refractivity contribution in [2.75, 3.05) is 20.2 Å². The van der Waals surface area contributed by atoms with Gasteiger partial charge in [0.2, 0.25) is 5.91 Å². The number of imide groups is 1. The van der Waals surface area contributed by atoms with Gasteiger partial charge in [0.05, 0.1) is 18.4 Å². The van der Waals surface area contributed by atoms with Gasteiger partial charge >= 0.3 is 0 Å². The fraction of sp³-hybridized carbons (Fsp3) is 0.190. The van der Waals surface area contributed by atoms with Crippen molar-refractivity contribution < 1.29 is 19.1 Å². The number of hydrogen-bond donors (Lipinski definition) is 1. The lowest BCUT2D eigenvalue weighted by atomic mass is 10.1. The van der Waals surface area contributed by atoms with Crippen LogP contribution in [-0.2, 0) is 16.0 Å². The molecule has 0 radical (unpaired) electrons. The predicted molar refractivity (Wildman–Crippen MR) is 109 cm³/mol. The van der Waals surface area contributed by atoms with Crippen LogP contribution in [0.25, 0.3) is 6.08 Å². The standard InChI is InChI=1S/C21H20N2O4S/c1-27-17-9-7-16(8-10-17)14-19(24)22-11-12-23-20(25)18(28-21(23)26)13-15-5-3-2-4-6-15/h2-10,13H,11-12,14H2,1H3,(H,22,24)/b18-13-. The summed E-state index contributed by atoms with van der Waals surface area (Å²) in [7, 11) is 1.58. The van der Waals surface area contributed by atoms with Gasteiger partial charge in [0.1, 0.15) is 5.75 Å². The Bertz CT molecular complexity index is 894. The molecule has 6 nitrogen and oxygen atoms in total. The molecule has 28 heavy (non-hydrogen) atoms. The molecule has 0 aliphatic carbocycles. The number of benzene rings is 2. The summed E-state index contributed by atoms with van der Waals surface area (Å²) in [5.41, 5.74) is 1.72. The summed E-state index contributed by atoms with van der Waals surface area (Å²) in [5.74, 6) is 0.229. The van der Waals surface area contributed by atoms with E-state index in [1.54, 1.807) is 25.3 Å². The molecule has 1 saturated heterocycles. The lowest BCUT2D eigenvalue weighted by Gasteiger charge is -2.13. The first kappa shape index (κ1) is 19.7. The first-order chi connectivity index (χ1) is 13.6. The predicted octanol–water partition coefficient (Wildman–Crippen LogP) is 3.09. The van der Waals surface area contributed by atoms with Crippen LogP contribution in [-0.4, -0.2) is 42.2 Å². The Morgan fingerprint density at radius 3 is 2.50 bits per heavy atom. The van der Waals surface area contributed by atoms with E-state index in [0.29, 0.717) is 4.91 Å². The zero-order valence-corrected chi connectivity index (χ0v) is 16.2. The quantitative estimate of drug-likeness (QED) is 0.728. The van der Waals surface area contributed by atoms with Gasteiger partial charge in [-0.15, -0.1) is 0 Å². The van der Waals surface area contributed by atoms with E-state index in [2.05, 4.69) is 5.32 Å². The third-order valence-electron chi connectivity index (χ3n) is 4.15. The fourth-order valence-corrected chi connectivity index (χ4v) is 3.56. The molecule has 7 heteroatoms. The SMILES string of the molecule is COc1ccc(CC(=O)NCCN2C(=O)S/C(=C\c3ccccc3)C2=O)cc1. The van der Waals surface area contributed by atoms with Gasteiger partial charge in [0.25, 0.3) is 11.1 Å². The molecule has 0 atom stereocenters. The van der Waals surface area contributed by atoms with Crippen LogP contribution in [0.5, 0.6) is 5.75 Å². The molecule has 2 aromatic rings. The summed E-state index contributed by atoms with van der Waals surface area (Å²) < 4.78 is 5.09. The zero-order chi connectivity index (χ0) is 19.9. The van der Waals surface area contributed by atoms with Crippen molar-refractivity contribution in [3.05, 3.63) is 70.6 Å². The minimum Gasteiger partial charge on any atom is -0.497 e. The first-order valence-electron chi connectivity index (χ1n) is 8.77. The van der Waals surface area contributed by atoms with Crippen molar-refractivity contribution in [1.29, 1.82) is 0 Å². The van der Waals surface area contributed by atoms with Crippen LogP contribution < -0.4 is 10.1 Å². The molecule has 3 amide bonds. The molecule has 1 fully saturated rings. The molecule has 0 unspecified atom stereocenters. The summed E-state index contributed by atoms with van der Waals surface area (Å²) in [6.45, 7) is 0.358. The van der Waals surface area contributed by atoms with E-state index < -0.39 is 0 Å². The molecule has 0 aromatic heterocycles. The number of carbonyl (C=O) groups excluding carboxylic acids is 3. The number of amides is 3. The van der Waals surface area contributed by atoms with Crippen LogP contribution in [0.3, 0.4) is 0 Å². The number of ether oxygens (including phenoxy) is 1. The lowest BCUT2D eigenvalue weighted by Crippen LogP contribution is -2.37. The lowest BCUT2D eigenvalue weighted by molar-refractivity contribution is -0.124. The van der Waals surface area contributed by atoms with E-state index in [1.807, 2.05) is 42.5 Å². The minimum atomic E-state index is -0.330. The van der Waals surface area contributed by atoms with E-state index in [1.165, 1.54) is 0 Å². The van der Waals surface area contributed by atoms with Crippen LogP contribution in [0.1, 0.15) is 11.1 Å². The highest BCUT2D eigenvalue weighted by Gasteiger charge is 2.34. The number of nitrogens with zero attached hydrogens (tertiary/aromatic N) is 1. The smallest absolute Gasteiger partial charge is 0.293 e. The summed E-state index contributed by atoms with van der Waals surface area (Å²) in [4.78, 5) is 38.2. The minimum absolute atomic E-state index is 0.144. The molecule has 2 aromatic carbocycles. The third kappa shape index (κ3) is 5.01. The molecule has 0 bridgehead atoms. The average molecular weight is 396 g/mol. The zero-order valence-electron chi connectivity index (χ0n) is 15.4. The van der Waals surface area contributed by atoms with E-state index >= 15 is 0 Å². The van der Waals surface area contributed by atoms with Gasteiger partial charge < -0.3 is 10.1 Å². The Kier molecular flexibility index (Phi) is 6.49. The molecule has 1 N–H and O–H groups in total. The van der Waals surface area contributed by atoms with Crippen LogP contribution >= 0.6 is 11.8 Å². The maximum Gasteiger partial charge on any atom is 0.293 e. The number of nitrogens with one attached hydrogen (secondary N) is 1. The second kappa shape index (κ2) is 9.23. The molecular weight excluding hydrogens is 376 g/mol. The molecule has 1 aliphatic heterocycles. The Morgan fingerprint density at radius 1 is 1.11 bits per heavy atom. The second-order valence-electron chi connectivity index (χ2n) is 6.12. The third-order valence-corrected chi connectivity index (χ3v) is 5.06. The van der Waals surface area contributed by atoms with Crippen molar-refractivity contribution >= 4 is 34.9 Å². The number of methoxy groups -OCH3 is 1. The number of hydrogen-bond acceptors (Lipinski definition) is 5. The highest BCUT2D eigenvalue weighted by atomic mass is 32.2. The molecule has 3 rings (SSSR count). The van der Waals surface area contributed by atoms with Crippen LogP contribution in [0.4, 0.5) is 4.79 Å². The number of rotatable bonds is 7. The summed E-state index contributed by atoms with van der Waals surface area (Å²) in [6, 6.07) is 16.6. The van der Waals surface area contributed by atoms with Crippen LogP contribution in [0.2, 0.25) is 0 Å². The Labute approximate surface area is 167 Å². The molecule has 144 valence electrons. The van der Waals surface area contributed by atoms with E-state index in [-0.39, 0.29) is 36.6 Å². The van der Waals surface area contributed by atoms with Gasteiger partial charge in [0.15, 0.2) is 0 Å². The van der Waals surface area contributed by atoms with Crippen molar-refractivity contribution in [2.24, 2.45) is 0 Å². The highest BCUT2D eigenvalue weighted by Crippen LogP contribution is 2.31. The Balaban J connectivity index is 1.50. The van der Waals surface area contributed by atoms with Gasteiger partial charge in [-0.05, 0) is 41.1 Å². The van der Waals surface area contributed by atoms with Crippen LogP contribution in [0.15, 0.2) is 59.5 Å². The van der Waals surface area contributed by atoms with Crippen LogP contribution in [0, 0.1) is 0 Å². The summed E-state index contributed by atoms with van der Waals surface area (Å²) >= 11 is 0.916. The van der Waals surface area contributed by atoms with Gasteiger partial charge in [-0.2, -0.15) is 0 Å². The largest absolute Gasteiger partial charge is 0.497 e. The number of carbonyl (C=O) groups is 3. The summed E-state index contributed by atoms with van der Waals surface area (Å²) in [6.07, 6.45) is 1.92.